The van der Waals surface area contributed by atoms with Crippen LogP contribution in [0.2, 0.25) is 0 Å². The number of nitrogens with zero attached hydrogens (tertiary/aromatic N) is 1. The van der Waals surface area contributed by atoms with E-state index in [1.165, 1.54) is 55.5 Å². The zero-order valence-electron chi connectivity index (χ0n) is 11.4. The van der Waals surface area contributed by atoms with Crippen molar-refractivity contribution in [2.24, 2.45) is 5.73 Å². The average Bonchev–Trinajstić information content (AvgIpc) is 2.94. The van der Waals surface area contributed by atoms with Gasteiger partial charge in [-0.2, -0.15) is 0 Å². The van der Waals surface area contributed by atoms with Crippen LogP contribution in [0.1, 0.15) is 43.7 Å². The van der Waals surface area contributed by atoms with E-state index in [1.807, 2.05) is 0 Å². The minimum absolute atomic E-state index is 0.254. The number of rotatable bonds is 3. The monoisotopic (exact) mass is 244 g/mol. The molecular formula is C16H24N2. The van der Waals surface area contributed by atoms with Gasteiger partial charge in [0.2, 0.25) is 0 Å². The standard InChI is InChI=1S/C16H24N2/c1-12(17)10-13-6-7-14-8-9-18(16(14)11-13)15-4-2-3-5-15/h6-7,11-12,15H,2-5,8-10,17H2,1H3. The Bertz CT molecular complexity index is 419. The molecule has 0 aromatic heterocycles. The Morgan fingerprint density at radius 2 is 2.11 bits per heavy atom. The van der Waals surface area contributed by atoms with Crippen molar-refractivity contribution in [3.8, 4) is 0 Å². The number of anilines is 1. The van der Waals surface area contributed by atoms with Gasteiger partial charge < -0.3 is 10.6 Å². The minimum Gasteiger partial charge on any atom is -0.368 e. The summed E-state index contributed by atoms with van der Waals surface area (Å²) in [5, 5.41) is 0. The summed E-state index contributed by atoms with van der Waals surface area (Å²) >= 11 is 0. The summed E-state index contributed by atoms with van der Waals surface area (Å²) in [7, 11) is 0. The summed E-state index contributed by atoms with van der Waals surface area (Å²) in [6.45, 7) is 3.31. The molecule has 1 atom stereocenters. The third-order valence-electron chi connectivity index (χ3n) is 4.40. The molecule has 1 aliphatic carbocycles. The van der Waals surface area contributed by atoms with Crippen LogP contribution in [0.25, 0.3) is 0 Å². The van der Waals surface area contributed by atoms with Crippen LogP contribution in [0, 0.1) is 0 Å². The first-order chi connectivity index (χ1) is 8.74. The fourth-order valence-electron chi connectivity index (χ4n) is 3.54. The van der Waals surface area contributed by atoms with Crippen LogP contribution >= 0.6 is 0 Å². The molecular weight excluding hydrogens is 220 g/mol. The van der Waals surface area contributed by atoms with Crippen molar-refractivity contribution < 1.29 is 0 Å². The lowest BCUT2D eigenvalue weighted by atomic mass is 10.0. The summed E-state index contributed by atoms with van der Waals surface area (Å²) in [6, 6.07) is 8.04. The van der Waals surface area contributed by atoms with Gasteiger partial charge in [0.05, 0.1) is 0 Å². The Balaban J connectivity index is 1.84. The van der Waals surface area contributed by atoms with Gasteiger partial charge in [-0.25, -0.2) is 0 Å². The van der Waals surface area contributed by atoms with Gasteiger partial charge in [-0.3, -0.25) is 0 Å². The topological polar surface area (TPSA) is 29.3 Å². The highest BCUT2D eigenvalue weighted by molar-refractivity contribution is 5.60. The quantitative estimate of drug-likeness (QED) is 0.886. The van der Waals surface area contributed by atoms with Crippen molar-refractivity contribution in [1.29, 1.82) is 0 Å². The van der Waals surface area contributed by atoms with Crippen LogP contribution in [0.15, 0.2) is 18.2 Å². The summed E-state index contributed by atoms with van der Waals surface area (Å²) in [5.74, 6) is 0. The van der Waals surface area contributed by atoms with Crippen LogP contribution in [-0.4, -0.2) is 18.6 Å². The summed E-state index contributed by atoms with van der Waals surface area (Å²) in [4.78, 5) is 2.66. The van der Waals surface area contributed by atoms with Crippen molar-refractivity contribution in [3.63, 3.8) is 0 Å². The maximum atomic E-state index is 5.91. The van der Waals surface area contributed by atoms with Crippen LogP contribution in [0.3, 0.4) is 0 Å². The van der Waals surface area contributed by atoms with Crippen molar-refractivity contribution in [3.05, 3.63) is 29.3 Å². The number of fused-ring (bicyclic) bond motifs is 1. The molecule has 1 fully saturated rings. The van der Waals surface area contributed by atoms with Crippen molar-refractivity contribution in [1.82, 2.24) is 0 Å². The van der Waals surface area contributed by atoms with Gasteiger partial charge in [0, 0.05) is 24.3 Å². The summed E-state index contributed by atoms with van der Waals surface area (Å²) in [6.07, 6.45) is 7.82. The van der Waals surface area contributed by atoms with E-state index in [9.17, 15) is 0 Å². The van der Waals surface area contributed by atoms with E-state index in [2.05, 4.69) is 30.0 Å². The molecule has 1 unspecified atom stereocenters. The predicted octanol–water partition coefficient (Wildman–Crippen LogP) is 2.88. The Morgan fingerprint density at radius 1 is 1.33 bits per heavy atom. The lowest BCUT2D eigenvalue weighted by molar-refractivity contribution is 0.625. The molecule has 2 aliphatic rings. The number of benzene rings is 1. The predicted molar refractivity (Wildman–Crippen MR) is 77.1 cm³/mol. The smallest absolute Gasteiger partial charge is 0.0404 e. The molecule has 2 nitrogen and oxygen atoms in total. The zero-order valence-corrected chi connectivity index (χ0v) is 11.4. The van der Waals surface area contributed by atoms with E-state index in [1.54, 1.807) is 0 Å². The summed E-state index contributed by atoms with van der Waals surface area (Å²) < 4.78 is 0. The first-order valence-electron chi connectivity index (χ1n) is 7.38. The van der Waals surface area contributed by atoms with E-state index in [0.717, 1.165) is 12.5 Å². The Kier molecular flexibility index (Phi) is 3.29. The maximum Gasteiger partial charge on any atom is 0.0404 e. The number of hydrogen-bond acceptors (Lipinski definition) is 2. The molecule has 2 heteroatoms. The SMILES string of the molecule is CC(N)Cc1ccc2c(c1)N(C1CCCC1)CC2. The lowest BCUT2D eigenvalue weighted by Crippen LogP contribution is -2.31. The van der Waals surface area contributed by atoms with E-state index in [4.69, 9.17) is 5.73 Å². The highest BCUT2D eigenvalue weighted by atomic mass is 15.2. The van der Waals surface area contributed by atoms with Crippen molar-refractivity contribution in [2.75, 3.05) is 11.4 Å². The molecule has 2 N–H and O–H groups in total. The third-order valence-corrected chi connectivity index (χ3v) is 4.40. The molecule has 1 aromatic rings. The first-order valence-corrected chi connectivity index (χ1v) is 7.38. The molecule has 18 heavy (non-hydrogen) atoms. The highest BCUT2D eigenvalue weighted by Crippen LogP contribution is 2.35. The molecule has 1 heterocycles. The normalized spacial score (nSPS) is 21.3. The molecule has 3 rings (SSSR count). The van der Waals surface area contributed by atoms with Gasteiger partial charge in [-0.05, 0) is 49.8 Å². The van der Waals surface area contributed by atoms with Crippen LogP contribution < -0.4 is 10.6 Å². The molecule has 1 saturated carbocycles. The van der Waals surface area contributed by atoms with E-state index < -0.39 is 0 Å². The number of hydrogen-bond donors (Lipinski definition) is 1. The molecule has 0 bridgehead atoms. The second-order valence-corrected chi connectivity index (χ2v) is 6.03. The van der Waals surface area contributed by atoms with E-state index in [-0.39, 0.29) is 6.04 Å². The molecule has 98 valence electrons. The van der Waals surface area contributed by atoms with Gasteiger partial charge >= 0.3 is 0 Å². The van der Waals surface area contributed by atoms with Gasteiger partial charge in [-0.15, -0.1) is 0 Å². The molecule has 1 aromatic carbocycles. The second kappa shape index (κ2) is 4.93. The Hall–Kier alpha value is -1.02. The second-order valence-electron chi connectivity index (χ2n) is 6.03. The molecule has 0 amide bonds. The summed E-state index contributed by atoms with van der Waals surface area (Å²) in [5.41, 5.74) is 10.3. The number of nitrogens with two attached hydrogens (primary N) is 1. The zero-order chi connectivity index (χ0) is 12.5. The van der Waals surface area contributed by atoms with E-state index >= 15 is 0 Å². The minimum atomic E-state index is 0.254. The van der Waals surface area contributed by atoms with Crippen LogP contribution in [0.4, 0.5) is 5.69 Å². The van der Waals surface area contributed by atoms with Gasteiger partial charge in [0.25, 0.3) is 0 Å². The molecule has 0 spiro atoms. The van der Waals surface area contributed by atoms with Gasteiger partial charge in [0.1, 0.15) is 0 Å². The van der Waals surface area contributed by atoms with Gasteiger partial charge in [-0.1, -0.05) is 25.0 Å². The van der Waals surface area contributed by atoms with Crippen molar-refractivity contribution in [2.45, 2.75) is 57.5 Å². The molecule has 1 aliphatic heterocycles. The highest BCUT2D eigenvalue weighted by Gasteiger charge is 2.28. The van der Waals surface area contributed by atoms with Crippen LogP contribution in [-0.2, 0) is 12.8 Å². The lowest BCUT2D eigenvalue weighted by Gasteiger charge is -2.27. The maximum absolute atomic E-state index is 5.91. The average molecular weight is 244 g/mol. The fourth-order valence-corrected chi connectivity index (χ4v) is 3.54. The fraction of sp³-hybridized carbons (Fsp3) is 0.625. The Morgan fingerprint density at radius 3 is 2.83 bits per heavy atom. The van der Waals surface area contributed by atoms with Crippen LogP contribution in [0.5, 0.6) is 0 Å². The largest absolute Gasteiger partial charge is 0.368 e. The Labute approximate surface area is 110 Å². The van der Waals surface area contributed by atoms with Crippen molar-refractivity contribution >= 4 is 5.69 Å². The van der Waals surface area contributed by atoms with E-state index in [0.29, 0.717) is 0 Å². The molecule has 0 radical (unpaired) electrons. The molecule has 0 saturated heterocycles. The third kappa shape index (κ3) is 2.26. The first kappa shape index (κ1) is 12.0. The van der Waals surface area contributed by atoms with Gasteiger partial charge in [0.15, 0.2) is 0 Å².